The van der Waals surface area contributed by atoms with Gasteiger partial charge in [-0.05, 0) is 0 Å². The van der Waals surface area contributed by atoms with Crippen LogP contribution in [0.15, 0.2) is 96.1 Å². The fourth-order valence-electron chi connectivity index (χ4n) is 11.3. The molecule has 9 rings (SSSR count). The van der Waals surface area contributed by atoms with Crippen molar-refractivity contribution >= 4 is 12.2 Å². The molecule has 0 nitrogen and oxygen atoms in total. The molecule has 1 saturated heterocycles. The van der Waals surface area contributed by atoms with E-state index in [0.717, 1.165) is 19.1 Å². The molecule has 1 heterocycles. The maximum atomic E-state index is 2.79. The van der Waals surface area contributed by atoms with E-state index in [1.807, 2.05) is 11.1 Å². The van der Waals surface area contributed by atoms with Crippen molar-refractivity contribution in [1.82, 2.24) is 0 Å². The molecular weight excluding hydrogens is 751 g/mol. The number of hydrogen-bond acceptors (Lipinski definition) is 0. The average Bonchev–Trinajstić information content (AvgIpc) is 3.95. The van der Waals surface area contributed by atoms with Crippen LogP contribution in [-0.2, 0) is 20.3 Å². The van der Waals surface area contributed by atoms with Crippen LogP contribution in [-0.4, -0.2) is 0 Å². The van der Waals surface area contributed by atoms with Crippen LogP contribution in [0.2, 0.25) is 8.26 Å². The van der Waals surface area contributed by atoms with Crippen LogP contribution in [0.5, 0.6) is 0 Å². The number of allylic oxidation sites excluding steroid dienone is 2. The zero-order valence-corrected chi connectivity index (χ0v) is 35.7. The van der Waals surface area contributed by atoms with Gasteiger partial charge < -0.3 is 24.8 Å². The molecule has 0 spiro atoms. The molecule has 2 saturated carbocycles. The van der Waals surface area contributed by atoms with Gasteiger partial charge >= 0.3 is 309 Å². The summed E-state index contributed by atoms with van der Waals surface area (Å²) in [5.41, 5.74) is 19.0. The molecule has 3 heteroatoms. The summed E-state index contributed by atoms with van der Waals surface area (Å²) in [6.07, 6.45) is 18.3. The van der Waals surface area contributed by atoms with Crippen LogP contribution in [0.25, 0.3) is 34.4 Å². The van der Waals surface area contributed by atoms with Crippen LogP contribution in [0.1, 0.15) is 138 Å². The van der Waals surface area contributed by atoms with Crippen LogP contribution >= 0.6 is 0 Å². The minimum absolute atomic E-state index is 0. The Morgan fingerprint density at radius 1 is 0.481 bits per heavy atom. The smallest absolute Gasteiger partial charge is 1.00 e. The monoisotopic (exact) mass is 804 g/mol. The predicted molar refractivity (Wildman–Crippen MR) is 212 cm³/mol. The van der Waals surface area contributed by atoms with Crippen molar-refractivity contribution in [2.75, 3.05) is 0 Å². The third-order valence-corrected chi connectivity index (χ3v) is 29.2. The summed E-state index contributed by atoms with van der Waals surface area (Å²) in [5.74, 6) is 2.69. The maximum Gasteiger partial charge on any atom is -1.00 e. The predicted octanol–water partition coefficient (Wildman–Crippen LogP) is 8.63. The Bertz CT molecular complexity index is 1810. The SMILES string of the molecule is CC(C)c1ccc(-c2cccc3c2C=C(C2CCCC2)[CH]3[Zr+2]2([CH]3C(C4CCCC4)=Cc4c(-c5ccc(C(C)C)cc5)cccc43)[CH2]C[CH2]2)cc1.[Cl-].[Cl-]. The van der Waals surface area contributed by atoms with Crippen LogP contribution in [0.3, 0.4) is 0 Å². The summed E-state index contributed by atoms with van der Waals surface area (Å²) in [6, 6.07) is 34.1. The van der Waals surface area contributed by atoms with Crippen molar-refractivity contribution in [1.29, 1.82) is 0 Å². The van der Waals surface area contributed by atoms with E-state index >= 15 is 0 Å². The molecule has 4 aromatic rings. The average molecular weight is 807 g/mol. The van der Waals surface area contributed by atoms with Crippen molar-refractivity contribution in [3.63, 3.8) is 0 Å². The summed E-state index contributed by atoms with van der Waals surface area (Å²) in [7, 11) is 0. The van der Waals surface area contributed by atoms with E-state index in [2.05, 4.69) is 125 Å². The minimum Gasteiger partial charge on any atom is -1.00 e. The van der Waals surface area contributed by atoms with Crippen molar-refractivity contribution in [2.24, 2.45) is 11.8 Å². The molecule has 0 N–H and O–H groups in total. The summed E-state index contributed by atoms with van der Waals surface area (Å²) in [4.78, 5) is 0. The Morgan fingerprint density at radius 3 is 1.19 bits per heavy atom. The molecule has 4 aromatic carbocycles. The van der Waals surface area contributed by atoms with Crippen molar-refractivity contribution in [3.8, 4) is 22.3 Å². The third-order valence-electron chi connectivity index (χ3n) is 14.1. The zero-order chi connectivity index (χ0) is 34.0. The molecule has 0 radical (unpaired) electrons. The zero-order valence-electron chi connectivity index (χ0n) is 31.7. The van der Waals surface area contributed by atoms with Crippen LogP contribution < -0.4 is 24.8 Å². The van der Waals surface area contributed by atoms with Crippen molar-refractivity contribution in [2.45, 2.75) is 113 Å². The Hall–Kier alpha value is -2.18. The second-order valence-corrected chi connectivity index (χ2v) is 28.7. The molecule has 3 fully saturated rings. The van der Waals surface area contributed by atoms with E-state index in [0.29, 0.717) is 11.8 Å². The molecule has 1 aliphatic heterocycles. The molecule has 0 aromatic heterocycles. The van der Waals surface area contributed by atoms with Gasteiger partial charge in [0.1, 0.15) is 0 Å². The van der Waals surface area contributed by atoms with Gasteiger partial charge in [-0.2, -0.15) is 0 Å². The fourth-order valence-corrected chi connectivity index (χ4v) is 26.9. The van der Waals surface area contributed by atoms with E-state index in [9.17, 15) is 0 Å². The van der Waals surface area contributed by atoms with Crippen molar-refractivity contribution < 1.29 is 45.1 Å². The molecule has 2 unspecified atom stereocenters. The summed E-state index contributed by atoms with van der Waals surface area (Å²) in [5, 5.41) is 0. The molecule has 0 bridgehead atoms. The van der Waals surface area contributed by atoms with Gasteiger partial charge in [0.2, 0.25) is 0 Å². The number of benzene rings is 4. The van der Waals surface area contributed by atoms with Gasteiger partial charge in [0.15, 0.2) is 0 Å². The Balaban J connectivity index is 0.00000210. The topological polar surface area (TPSA) is 0 Å². The number of rotatable bonds is 8. The molecule has 52 heavy (non-hydrogen) atoms. The van der Waals surface area contributed by atoms with Crippen LogP contribution in [0.4, 0.5) is 0 Å². The molecule has 270 valence electrons. The van der Waals surface area contributed by atoms with Gasteiger partial charge in [0, 0.05) is 0 Å². The maximum absolute atomic E-state index is 2.96. The van der Waals surface area contributed by atoms with Gasteiger partial charge in [0.25, 0.3) is 0 Å². The standard InChI is InChI=1S/2C23H25.C3H6.2ClH.Zr/c2*1-16(2)17-10-12-19(13-11-17)22-9-5-8-20-14-21(15-23(20)22)18-6-3-4-7-18;1-3-2;;;/h2*5,8-16,18H,3-4,6-7H2,1-2H3;1-3H2;2*1H;/q;;;;;+2/p-2. The number of fused-ring (bicyclic) bond motifs is 2. The fraction of sp³-hybridized carbons (Fsp3) is 0.429. The van der Waals surface area contributed by atoms with E-state index in [-0.39, 0.29) is 24.8 Å². The number of hydrogen-bond donors (Lipinski definition) is 0. The first kappa shape index (κ1) is 38.1. The van der Waals surface area contributed by atoms with E-state index in [4.69, 9.17) is 0 Å². The normalized spacial score (nSPS) is 21.4. The van der Waals surface area contributed by atoms with Gasteiger partial charge in [-0.1, -0.05) is 0 Å². The Morgan fingerprint density at radius 2 is 0.865 bits per heavy atom. The van der Waals surface area contributed by atoms with Crippen LogP contribution in [0, 0.1) is 11.8 Å². The second-order valence-electron chi connectivity index (χ2n) is 17.4. The Labute approximate surface area is 331 Å². The van der Waals surface area contributed by atoms with E-state index < -0.39 is 20.3 Å². The summed E-state index contributed by atoms with van der Waals surface area (Å²) in [6.45, 7) is 9.23. The quantitative estimate of drug-likeness (QED) is 0.168. The van der Waals surface area contributed by atoms with E-state index in [1.54, 1.807) is 30.5 Å². The summed E-state index contributed by atoms with van der Waals surface area (Å²) < 4.78 is 4.55. The molecule has 0 amide bonds. The molecule has 2 atom stereocenters. The molecular formula is C49H56Cl2Zr. The number of halogens is 2. The van der Waals surface area contributed by atoms with E-state index in [1.165, 1.54) is 91.2 Å². The van der Waals surface area contributed by atoms with Crippen molar-refractivity contribution in [3.05, 3.63) is 129 Å². The molecule has 4 aliphatic carbocycles. The minimum atomic E-state index is -2.96. The first-order valence-electron chi connectivity index (χ1n) is 20.3. The Kier molecular flexibility index (Phi) is 11.4. The summed E-state index contributed by atoms with van der Waals surface area (Å²) >= 11 is -2.96. The first-order chi connectivity index (χ1) is 24.4. The van der Waals surface area contributed by atoms with Gasteiger partial charge in [-0.15, -0.1) is 0 Å². The second kappa shape index (κ2) is 15.5. The van der Waals surface area contributed by atoms with Gasteiger partial charge in [0.05, 0.1) is 0 Å². The first-order valence-corrected chi connectivity index (χ1v) is 26.6. The van der Waals surface area contributed by atoms with Gasteiger partial charge in [-0.25, -0.2) is 0 Å². The third kappa shape index (κ3) is 6.42. The van der Waals surface area contributed by atoms with Gasteiger partial charge in [-0.3, -0.25) is 0 Å². The molecule has 5 aliphatic rings. The largest absolute Gasteiger partial charge is 1.00 e.